The lowest BCUT2D eigenvalue weighted by Crippen LogP contribution is -2.35. The van der Waals surface area contributed by atoms with Crippen LogP contribution in [0, 0.1) is 18.8 Å². The molecule has 2 aromatic rings. The van der Waals surface area contributed by atoms with E-state index in [1.165, 1.54) is 11.3 Å². The van der Waals surface area contributed by atoms with Crippen molar-refractivity contribution in [2.45, 2.75) is 26.7 Å². The number of carbonyl (C=O) groups is 2. The number of rotatable bonds is 3. The number of aliphatic carboxylic acids is 1. The summed E-state index contributed by atoms with van der Waals surface area (Å²) in [4.78, 5) is 28.4. The number of aromatic nitrogens is 1. The van der Waals surface area contributed by atoms with E-state index in [4.69, 9.17) is 0 Å². The van der Waals surface area contributed by atoms with Crippen LogP contribution in [0.25, 0.3) is 10.2 Å². The summed E-state index contributed by atoms with van der Waals surface area (Å²) in [6.07, 6.45) is 2.79. The molecule has 0 fully saturated rings. The van der Waals surface area contributed by atoms with Gasteiger partial charge in [0.25, 0.3) is 0 Å². The zero-order valence-corrected chi connectivity index (χ0v) is 13.8. The number of aryl methyl sites for hydroxylation is 1. The molecule has 1 heterocycles. The van der Waals surface area contributed by atoms with Crippen LogP contribution in [0.3, 0.4) is 0 Å². The van der Waals surface area contributed by atoms with Crippen LogP contribution in [0.5, 0.6) is 0 Å². The minimum atomic E-state index is -0.922. The zero-order chi connectivity index (χ0) is 16.6. The standard InChI is InChI=1S/C17H18N2O3S/c1-9-6-7-11(16(21)22)12(8-9)15(20)19-17-18-14-10(2)4-3-5-13(14)23-17/h3-6,11-12H,7-8H2,1-2H3,(H,21,22)(H,18,19,20)/t11-,12+/m1/s1. The van der Waals surface area contributed by atoms with Crippen molar-refractivity contribution in [3.8, 4) is 0 Å². The van der Waals surface area contributed by atoms with Crippen molar-refractivity contribution in [2.75, 3.05) is 5.32 Å². The summed E-state index contributed by atoms with van der Waals surface area (Å²) in [5, 5.41) is 12.7. The number of allylic oxidation sites excluding steroid dienone is 2. The third-order valence-electron chi connectivity index (χ3n) is 4.25. The normalized spacial score (nSPS) is 21.0. The first-order valence-electron chi connectivity index (χ1n) is 7.51. The zero-order valence-electron chi connectivity index (χ0n) is 13.0. The minimum Gasteiger partial charge on any atom is -0.481 e. The number of hydrogen-bond acceptors (Lipinski definition) is 4. The number of carboxylic acids is 1. The van der Waals surface area contributed by atoms with Crippen LogP contribution in [-0.4, -0.2) is 22.0 Å². The Morgan fingerprint density at radius 2 is 2.09 bits per heavy atom. The number of para-hydroxylation sites is 1. The summed E-state index contributed by atoms with van der Waals surface area (Å²) in [6, 6.07) is 5.89. The summed E-state index contributed by atoms with van der Waals surface area (Å²) < 4.78 is 1.01. The quantitative estimate of drug-likeness (QED) is 0.843. The molecule has 6 heteroatoms. The van der Waals surface area contributed by atoms with Crippen LogP contribution in [0.1, 0.15) is 25.3 Å². The van der Waals surface area contributed by atoms with Gasteiger partial charge in [-0.05, 0) is 38.3 Å². The van der Waals surface area contributed by atoms with Gasteiger partial charge >= 0.3 is 5.97 Å². The highest BCUT2D eigenvalue weighted by Crippen LogP contribution is 2.33. The Bertz CT molecular complexity index is 809. The smallest absolute Gasteiger partial charge is 0.307 e. The molecule has 0 saturated heterocycles. The maximum Gasteiger partial charge on any atom is 0.307 e. The van der Waals surface area contributed by atoms with E-state index in [1.807, 2.05) is 38.1 Å². The molecule has 23 heavy (non-hydrogen) atoms. The first-order valence-corrected chi connectivity index (χ1v) is 8.33. The molecule has 0 saturated carbocycles. The van der Waals surface area contributed by atoms with E-state index in [1.54, 1.807) is 0 Å². The molecule has 120 valence electrons. The number of amides is 1. The number of anilines is 1. The maximum absolute atomic E-state index is 12.6. The van der Waals surface area contributed by atoms with Crippen LogP contribution < -0.4 is 5.32 Å². The van der Waals surface area contributed by atoms with Gasteiger partial charge in [-0.3, -0.25) is 9.59 Å². The number of hydrogen-bond donors (Lipinski definition) is 2. The van der Waals surface area contributed by atoms with Crippen LogP contribution in [0.4, 0.5) is 5.13 Å². The number of nitrogens with one attached hydrogen (secondary N) is 1. The lowest BCUT2D eigenvalue weighted by Gasteiger charge is -2.26. The second kappa shape index (κ2) is 6.12. The van der Waals surface area contributed by atoms with E-state index in [9.17, 15) is 14.7 Å². The Morgan fingerprint density at radius 1 is 1.30 bits per heavy atom. The largest absolute Gasteiger partial charge is 0.481 e. The monoisotopic (exact) mass is 330 g/mol. The highest BCUT2D eigenvalue weighted by molar-refractivity contribution is 7.22. The van der Waals surface area contributed by atoms with Crippen molar-refractivity contribution < 1.29 is 14.7 Å². The lowest BCUT2D eigenvalue weighted by molar-refractivity contribution is -0.146. The SMILES string of the molecule is CC1=CC[C@@H](C(=O)O)[C@@H](C(=O)Nc2nc3c(C)cccc3s2)C1. The fourth-order valence-corrected chi connectivity index (χ4v) is 3.90. The Hall–Kier alpha value is -2.21. The van der Waals surface area contributed by atoms with E-state index >= 15 is 0 Å². The minimum absolute atomic E-state index is 0.262. The van der Waals surface area contributed by atoms with E-state index in [-0.39, 0.29) is 5.91 Å². The van der Waals surface area contributed by atoms with Gasteiger partial charge in [0.15, 0.2) is 5.13 Å². The van der Waals surface area contributed by atoms with Crippen LogP contribution >= 0.6 is 11.3 Å². The summed E-state index contributed by atoms with van der Waals surface area (Å²) in [5.41, 5.74) is 2.99. The Kier molecular flexibility index (Phi) is 4.17. The number of fused-ring (bicyclic) bond motifs is 1. The van der Waals surface area contributed by atoms with Crippen molar-refractivity contribution in [1.82, 2.24) is 4.98 Å². The maximum atomic E-state index is 12.6. The topological polar surface area (TPSA) is 79.3 Å². The van der Waals surface area contributed by atoms with Crippen molar-refractivity contribution in [1.29, 1.82) is 0 Å². The molecule has 1 aromatic carbocycles. The third-order valence-corrected chi connectivity index (χ3v) is 5.19. The van der Waals surface area contributed by atoms with Crippen LogP contribution in [-0.2, 0) is 9.59 Å². The number of nitrogens with zero attached hydrogens (tertiary/aromatic N) is 1. The van der Waals surface area contributed by atoms with E-state index in [2.05, 4.69) is 10.3 Å². The molecule has 2 N–H and O–H groups in total. The number of thiazole rings is 1. The molecule has 1 amide bonds. The summed E-state index contributed by atoms with van der Waals surface area (Å²) >= 11 is 1.41. The first kappa shape index (κ1) is 15.7. The number of benzene rings is 1. The van der Waals surface area contributed by atoms with Crippen molar-refractivity contribution >= 4 is 38.6 Å². The van der Waals surface area contributed by atoms with Gasteiger partial charge in [-0.25, -0.2) is 4.98 Å². The molecule has 3 rings (SSSR count). The summed E-state index contributed by atoms with van der Waals surface area (Å²) in [7, 11) is 0. The van der Waals surface area contributed by atoms with Gasteiger partial charge < -0.3 is 10.4 Å². The third kappa shape index (κ3) is 3.12. The van der Waals surface area contributed by atoms with Gasteiger partial charge in [-0.1, -0.05) is 35.1 Å². The number of carboxylic acid groups (broad SMARTS) is 1. The van der Waals surface area contributed by atoms with E-state index in [0.717, 1.165) is 21.4 Å². The fourth-order valence-electron chi connectivity index (χ4n) is 2.95. The Balaban J connectivity index is 1.83. The molecule has 1 aromatic heterocycles. The molecule has 0 bridgehead atoms. The molecular weight excluding hydrogens is 312 g/mol. The average molecular weight is 330 g/mol. The van der Waals surface area contributed by atoms with E-state index in [0.29, 0.717) is 18.0 Å². The van der Waals surface area contributed by atoms with Gasteiger partial charge in [0.05, 0.1) is 22.1 Å². The van der Waals surface area contributed by atoms with Crippen LogP contribution in [0.2, 0.25) is 0 Å². The highest BCUT2D eigenvalue weighted by Gasteiger charge is 2.35. The molecule has 0 radical (unpaired) electrons. The molecule has 2 atom stereocenters. The van der Waals surface area contributed by atoms with Gasteiger partial charge in [-0.15, -0.1) is 0 Å². The van der Waals surface area contributed by atoms with Crippen molar-refractivity contribution in [3.63, 3.8) is 0 Å². The summed E-state index contributed by atoms with van der Waals surface area (Å²) in [5.74, 6) is -2.41. The second-order valence-electron chi connectivity index (χ2n) is 5.97. The molecule has 0 spiro atoms. The van der Waals surface area contributed by atoms with Gasteiger partial charge in [-0.2, -0.15) is 0 Å². The molecule has 0 aliphatic heterocycles. The van der Waals surface area contributed by atoms with Crippen LogP contribution in [0.15, 0.2) is 29.8 Å². The highest BCUT2D eigenvalue weighted by atomic mass is 32.1. The average Bonchev–Trinajstić information content (AvgIpc) is 2.90. The van der Waals surface area contributed by atoms with Gasteiger partial charge in [0.1, 0.15) is 0 Å². The van der Waals surface area contributed by atoms with Crippen molar-refractivity contribution in [3.05, 3.63) is 35.4 Å². The van der Waals surface area contributed by atoms with Gasteiger partial charge in [0, 0.05) is 0 Å². The fraction of sp³-hybridized carbons (Fsp3) is 0.353. The van der Waals surface area contributed by atoms with Crippen molar-refractivity contribution in [2.24, 2.45) is 11.8 Å². The molecule has 0 unspecified atom stereocenters. The molecule has 1 aliphatic rings. The molecule has 5 nitrogen and oxygen atoms in total. The second-order valence-corrected chi connectivity index (χ2v) is 7.00. The van der Waals surface area contributed by atoms with E-state index < -0.39 is 17.8 Å². The lowest BCUT2D eigenvalue weighted by atomic mass is 9.79. The Morgan fingerprint density at radius 3 is 2.78 bits per heavy atom. The summed E-state index contributed by atoms with van der Waals surface area (Å²) in [6.45, 7) is 3.91. The molecular formula is C17H18N2O3S. The molecule has 1 aliphatic carbocycles. The predicted octanol–water partition coefficient (Wildman–Crippen LogP) is 3.60. The predicted molar refractivity (Wildman–Crippen MR) is 90.6 cm³/mol. The van der Waals surface area contributed by atoms with Gasteiger partial charge in [0.2, 0.25) is 5.91 Å². The Labute approximate surface area is 138 Å². The number of carbonyl (C=O) groups excluding carboxylic acids is 1. The first-order chi connectivity index (χ1) is 11.0.